The number of hydrogen-bond acceptors (Lipinski definition) is 4. The molecule has 2 atom stereocenters. The topological polar surface area (TPSA) is 67.6 Å². The highest BCUT2D eigenvalue weighted by Crippen LogP contribution is 2.18. The number of nitrogens with zero attached hydrogens (tertiary/aromatic N) is 1. The summed E-state index contributed by atoms with van der Waals surface area (Å²) in [5.74, 6) is 0.317. The molecule has 0 aromatic rings. The van der Waals surface area contributed by atoms with Crippen molar-refractivity contribution in [3.05, 3.63) is 0 Å². The molecule has 1 aliphatic heterocycles. The molecule has 1 heterocycles. The number of nitrogens with one attached hydrogen (secondary N) is 1. The highest BCUT2D eigenvalue weighted by atomic mass is 16.6. The van der Waals surface area contributed by atoms with Gasteiger partial charge in [0.2, 0.25) is 0 Å². The molecule has 0 aliphatic carbocycles. The zero-order valence-corrected chi connectivity index (χ0v) is 10.6. The number of likely N-dealkylation sites (tertiary alicyclic amines) is 1. The standard InChI is InChI=1S/C11H23N3O2/c1-11(2,3)16-10(15)14-6-8(5-13-4)9(12)7-14/h8-9,13H,5-7,12H2,1-4H3. The van der Waals surface area contributed by atoms with Gasteiger partial charge < -0.3 is 20.7 Å². The summed E-state index contributed by atoms with van der Waals surface area (Å²) in [6, 6.07) is 0.0416. The normalized spacial score (nSPS) is 25.9. The molecule has 2 unspecified atom stereocenters. The highest BCUT2D eigenvalue weighted by Gasteiger charge is 2.34. The van der Waals surface area contributed by atoms with Gasteiger partial charge in [0.1, 0.15) is 5.60 Å². The van der Waals surface area contributed by atoms with Crippen LogP contribution in [0.5, 0.6) is 0 Å². The van der Waals surface area contributed by atoms with E-state index in [1.54, 1.807) is 4.90 Å². The number of amides is 1. The minimum absolute atomic E-state index is 0.0416. The summed E-state index contributed by atoms with van der Waals surface area (Å²) in [7, 11) is 1.89. The first-order valence-electron chi connectivity index (χ1n) is 5.71. The predicted molar refractivity (Wildman–Crippen MR) is 63.2 cm³/mol. The second-order valence-corrected chi connectivity index (χ2v) is 5.37. The van der Waals surface area contributed by atoms with Crippen molar-refractivity contribution >= 4 is 6.09 Å². The molecular weight excluding hydrogens is 206 g/mol. The fraction of sp³-hybridized carbons (Fsp3) is 0.909. The third-order valence-corrected chi connectivity index (χ3v) is 2.61. The van der Waals surface area contributed by atoms with Crippen LogP contribution in [0.25, 0.3) is 0 Å². The van der Waals surface area contributed by atoms with E-state index < -0.39 is 5.60 Å². The molecular formula is C11H23N3O2. The molecule has 3 N–H and O–H groups in total. The van der Waals surface area contributed by atoms with Crippen molar-refractivity contribution in [2.75, 3.05) is 26.7 Å². The van der Waals surface area contributed by atoms with Crippen LogP contribution in [0.4, 0.5) is 4.79 Å². The van der Waals surface area contributed by atoms with Crippen molar-refractivity contribution in [3.63, 3.8) is 0 Å². The monoisotopic (exact) mass is 229 g/mol. The lowest BCUT2D eigenvalue weighted by atomic mass is 10.1. The highest BCUT2D eigenvalue weighted by molar-refractivity contribution is 5.68. The molecule has 0 aromatic carbocycles. The van der Waals surface area contributed by atoms with Crippen LogP contribution in [-0.2, 0) is 4.74 Å². The van der Waals surface area contributed by atoms with Gasteiger partial charge in [0.15, 0.2) is 0 Å². The molecule has 0 radical (unpaired) electrons. The summed E-state index contributed by atoms with van der Waals surface area (Å²) >= 11 is 0. The van der Waals surface area contributed by atoms with Crippen LogP contribution in [0.15, 0.2) is 0 Å². The van der Waals surface area contributed by atoms with E-state index in [-0.39, 0.29) is 12.1 Å². The van der Waals surface area contributed by atoms with Crippen molar-refractivity contribution in [2.24, 2.45) is 11.7 Å². The number of nitrogens with two attached hydrogens (primary N) is 1. The average Bonchev–Trinajstić information content (AvgIpc) is 2.46. The maximum Gasteiger partial charge on any atom is 0.410 e. The number of carbonyl (C=O) groups is 1. The summed E-state index contributed by atoms with van der Waals surface area (Å²) in [6.45, 7) is 7.70. The van der Waals surface area contributed by atoms with Gasteiger partial charge in [0.05, 0.1) is 0 Å². The lowest BCUT2D eigenvalue weighted by Crippen LogP contribution is -2.36. The van der Waals surface area contributed by atoms with Gasteiger partial charge >= 0.3 is 6.09 Å². The Morgan fingerprint density at radius 1 is 1.50 bits per heavy atom. The van der Waals surface area contributed by atoms with Gasteiger partial charge in [-0.05, 0) is 27.8 Å². The van der Waals surface area contributed by atoms with Crippen LogP contribution in [0, 0.1) is 5.92 Å². The van der Waals surface area contributed by atoms with Crippen molar-refractivity contribution < 1.29 is 9.53 Å². The lowest BCUT2D eigenvalue weighted by Gasteiger charge is -2.24. The Bertz CT molecular complexity index is 250. The van der Waals surface area contributed by atoms with Gasteiger partial charge in [-0.15, -0.1) is 0 Å². The van der Waals surface area contributed by atoms with Gasteiger partial charge in [-0.3, -0.25) is 0 Å². The summed E-state index contributed by atoms with van der Waals surface area (Å²) in [6.07, 6.45) is -0.262. The number of ether oxygens (including phenoxy) is 1. The van der Waals surface area contributed by atoms with E-state index in [2.05, 4.69) is 5.32 Å². The summed E-state index contributed by atoms with van der Waals surface area (Å²) in [4.78, 5) is 13.5. The molecule has 0 aromatic heterocycles. The molecule has 1 fully saturated rings. The second kappa shape index (κ2) is 5.01. The smallest absolute Gasteiger partial charge is 0.410 e. The van der Waals surface area contributed by atoms with Crippen molar-refractivity contribution in [1.29, 1.82) is 0 Å². The quantitative estimate of drug-likeness (QED) is 0.719. The van der Waals surface area contributed by atoms with Gasteiger partial charge in [0, 0.05) is 31.6 Å². The summed E-state index contributed by atoms with van der Waals surface area (Å²) < 4.78 is 5.31. The van der Waals surface area contributed by atoms with Crippen LogP contribution >= 0.6 is 0 Å². The van der Waals surface area contributed by atoms with Crippen LogP contribution in [0.3, 0.4) is 0 Å². The minimum Gasteiger partial charge on any atom is -0.444 e. The average molecular weight is 229 g/mol. The van der Waals surface area contributed by atoms with Crippen LogP contribution in [0.2, 0.25) is 0 Å². The van der Waals surface area contributed by atoms with E-state index in [1.807, 2.05) is 27.8 Å². The van der Waals surface area contributed by atoms with Gasteiger partial charge in [-0.1, -0.05) is 0 Å². The number of hydrogen-bond donors (Lipinski definition) is 2. The summed E-state index contributed by atoms with van der Waals surface area (Å²) in [5, 5.41) is 3.09. The van der Waals surface area contributed by atoms with E-state index in [0.717, 1.165) is 6.54 Å². The van der Waals surface area contributed by atoms with Crippen molar-refractivity contribution in [3.8, 4) is 0 Å². The SMILES string of the molecule is CNCC1CN(C(=O)OC(C)(C)C)CC1N. The molecule has 5 nitrogen and oxygen atoms in total. The Morgan fingerprint density at radius 3 is 2.62 bits per heavy atom. The first-order chi connectivity index (χ1) is 7.33. The summed E-state index contributed by atoms with van der Waals surface area (Å²) in [5.41, 5.74) is 5.53. The third-order valence-electron chi connectivity index (χ3n) is 2.61. The zero-order valence-electron chi connectivity index (χ0n) is 10.6. The fourth-order valence-electron chi connectivity index (χ4n) is 1.85. The minimum atomic E-state index is -0.442. The number of carbonyl (C=O) groups excluding carboxylic acids is 1. The van der Waals surface area contributed by atoms with Crippen molar-refractivity contribution in [1.82, 2.24) is 10.2 Å². The Labute approximate surface area is 97.3 Å². The van der Waals surface area contributed by atoms with E-state index in [9.17, 15) is 4.79 Å². The maximum atomic E-state index is 11.8. The first kappa shape index (κ1) is 13.3. The Morgan fingerprint density at radius 2 is 2.12 bits per heavy atom. The van der Waals surface area contributed by atoms with Gasteiger partial charge in [-0.2, -0.15) is 0 Å². The Hall–Kier alpha value is -0.810. The van der Waals surface area contributed by atoms with E-state index in [1.165, 1.54) is 0 Å². The molecule has 1 aliphatic rings. The van der Waals surface area contributed by atoms with Crippen molar-refractivity contribution in [2.45, 2.75) is 32.4 Å². The third kappa shape index (κ3) is 3.64. The van der Waals surface area contributed by atoms with Gasteiger partial charge in [0.25, 0.3) is 0 Å². The maximum absolute atomic E-state index is 11.8. The molecule has 0 bridgehead atoms. The Kier molecular flexibility index (Phi) is 4.15. The lowest BCUT2D eigenvalue weighted by molar-refractivity contribution is 0.0287. The molecule has 16 heavy (non-hydrogen) atoms. The van der Waals surface area contributed by atoms with Gasteiger partial charge in [-0.25, -0.2) is 4.79 Å². The van der Waals surface area contributed by atoms with Crippen LogP contribution in [-0.4, -0.2) is 49.3 Å². The zero-order chi connectivity index (χ0) is 12.3. The molecule has 0 saturated carbocycles. The second-order valence-electron chi connectivity index (χ2n) is 5.37. The van der Waals surface area contributed by atoms with E-state index in [4.69, 9.17) is 10.5 Å². The molecule has 1 amide bonds. The first-order valence-corrected chi connectivity index (χ1v) is 5.71. The fourth-order valence-corrected chi connectivity index (χ4v) is 1.85. The molecule has 1 rings (SSSR count). The largest absolute Gasteiger partial charge is 0.444 e. The van der Waals surface area contributed by atoms with E-state index in [0.29, 0.717) is 19.0 Å². The molecule has 0 spiro atoms. The number of rotatable bonds is 2. The van der Waals surface area contributed by atoms with Crippen LogP contribution < -0.4 is 11.1 Å². The molecule has 1 saturated heterocycles. The molecule has 5 heteroatoms. The predicted octanol–water partition coefficient (Wildman–Crippen LogP) is 0.400. The molecule has 94 valence electrons. The van der Waals surface area contributed by atoms with E-state index >= 15 is 0 Å². The Balaban J connectivity index is 2.48. The van der Waals surface area contributed by atoms with Crippen LogP contribution in [0.1, 0.15) is 20.8 Å².